The maximum Gasteiger partial charge on any atom is 0.325 e. The standard InChI is InChI=1S/C10H21N3O2SSi2/c1-16-9-8(14-17(2,3)4)11-10(13-12-9)15-18(5,6)7/h1-7H3. The smallest absolute Gasteiger partial charge is 0.325 e. The minimum atomic E-state index is -1.72. The Kier molecular flexibility index (Phi) is 4.79. The van der Waals surface area contributed by atoms with Crippen LogP contribution >= 0.6 is 11.8 Å². The lowest BCUT2D eigenvalue weighted by Gasteiger charge is -2.21. The Bertz CT molecular complexity index is 419. The van der Waals surface area contributed by atoms with Crippen molar-refractivity contribution in [1.29, 1.82) is 0 Å². The Balaban J connectivity index is 3.02. The molecule has 0 saturated carbocycles. The van der Waals surface area contributed by atoms with Crippen LogP contribution in [0.25, 0.3) is 0 Å². The molecule has 0 amide bonds. The second kappa shape index (κ2) is 5.58. The van der Waals surface area contributed by atoms with Crippen molar-refractivity contribution in [2.24, 2.45) is 0 Å². The third-order valence-electron chi connectivity index (χ3n) is 1.60. The topological polar surface area (TPSA) is 57.1 Å². The van der Waals surface area contributed by atoms with E-state index in [2.05, 4.69) is 54.5 Å². The van der Waals surface area contributed by atoms with Crippen LogP contribution in [0.3, 0.4) is 0 Å². The van der Waals surface area contributed by atoms with Crippen LogP contribution in [-0.2, 0) is 0 Å². The van der Waals surface area contributed by atoms with Gasteiger partial charge in [0.15, 0.2) is 5.03 Å². The molecule has 0 unspecified atom stereocenters. The molecule has 0 aliphatic heterocycles. The van der Waals surface area contributed by atoms with Gasteiger partial charge >= 0.3 is 6.01 Å². The van der Waals surface area contributed by atoms with Gasteiger partial charge in [0.05, 0.1) is 0 Å². The molecule has 0 saturated heterocycles. The van der Waals surface area contributed by atoms with Crippen molar-refractivity contribution in [3.05, 3.63) is 0 Å². The number of nitrogens with zero attached hydrogens (tertiary/aromatic N) is 3. The van der Waals surface area contributed by atoms with E-state index in [1.165, 1.54) is 11.8 Å². The summed E-state index contributed by atoms with van der Waals surface area (Å²) in [5.41, 5.74) is 0. The Morgan fingerprint density at radius 2 is 1.44 bits per heavy atom. The van der Waals surface area contributed by atoms with Crippen LogP contribution in [0.15, 0.2) is 5.03 Å². The van der Waals surface area contributed by atoms with Crippen molar-refractivity contribution in [1.82, 2.24) is 15.2 Å². The number of rotatable bonds is 5. The molecule has 1 aromatic rings. The molecule has 0 aliphatic carbocycles. The lowest BCUT2D eigenvalue weighted by atomic mass is 10.8. The van der Waals surface area contributed by atoms with Gasteiger partial charge < -0.3 is 8.85 Å². The van der Waals surface area contributed by atoms with Crippen molar-refractivity contribution in [3.63, 3.8) is 0 Å². The molecule has 18 heavy (non-hydrogen) atoms. The Labute approximate surface area is 115 Å². The first kappa shape index (κ1) is 15.5. The van der Waals surface area contributed by atoms with Gasteiger partial charge in [0.25, 0.3) is 0 Å². The largest absolute Gasteiger partial charge is 0.529 e. The number of aromatic nitrogens is 3. The Morgan fingerprint density at radius 1 is 0.889 bits per heavy atom. The molecule has 0 radical (unpaired) electrons. The lowest BCUT2D eigenvalue weighted by molar-refractivity contribution is 0.448. The number of hydrogen-bond acceptors (Lipinski definition) is 6. The first-order chi connectivity index (χ1) is 8.11. The first-order valence-corrected chi connectivity index (χ1v) is 13.8. The first-order valence-electron chi connectivity index (χ1n) is 5.77. The van der Waals surface area contributed by atoms with E-state index in [0.717, 1.165) is 0 Å². The van der Waals surface area contributed by atoms with Crippen molar-refractivity contribution in [2.45, 2.75) is 44.3 Å². The summed E-state index contributed by atoms with van der Waals surface area (Å²) in [5.74, 6) is 0.546. The van der Waals surface area contributed by atoms with E-state index in [0.29, 0.717) is 16.9 Å². The quantitative estimate of drug-likeness (QED) is 0.615. The Hall–Kier alpha value is -0.606. The van der Waals surface area contributed by atoms with Crippen molar-refractivity contribution < 1.29 is 8.85 Å². The molecule has 1 heterocycles. The normalized spacial score (nSPS) is 12.4. The zero-order valence-electron chi connectivity index (χ0n) is 12.1. The van der Waals surface area contributed by atoms with Crippen LogP contribution in [0, 0.1) is 0 Å². The van der Waals surface area contributed by atoms with Crippen LogP contribution in [0.1, 0.15) is 0 Å². The molecule has 5 nitrogen and oxygen atoms in total. The van der Waals surface area contributed by atoms with Gasteiger partial charge in [-0.3, -0.25) is 0 Å². The molecule has 0 bridgehead atoms. The van der Waals surface area contributed by atoms with E-state index in [1.54, 1.807) is 0 Å². The number of hydrogen-bond donors (Lipinski definition) is 0. The maximum atomic E-state index is 5.92. The van der Waals surface area contributed by atoms with Crippen LogP contribution in [0.5, 0.6) is 11.9 Å². The third-order valence-corrected chi connectivity index (χ3v) is 3.84. The minimum absolute atomic E-state index is 0.320. The van der Waals surface area contributed by atoms with Gasteiger partial charge in [-0.1, -0.05) is 5.10 Å². The molecule has 102 valence electrons. The summed E-state index contributed by atoms with van der Waals surface area (Å²) in [4.78, 5) is 4.34. The van der Waals surface area contributed by atoms with Gasteiger partial charge in [-0.25, -0.2) is 0 Å². The molecule has 1 rings (SSSR count). The highest BCUT2D eigenvalue weighted by molar-refractivity contribution is 7.98. The molecule has 0 spiro atoms. The third kappa shape index (κ3) is 5.36. The average molecular weight is 304 g/mol. The van der Waals surface area contributed by atoms with Gasteiger partial charge in [0, 0.05) is 0 Å². The SMILES string of the molecule is CSc1nnc(O[Si](C)(C)C)nc1O[Si](C)(C)C. The summed E-state index contributed by atoms with van der Waals surface area (Å²) in [6, 6.07) is 0.320. The molecule has 8 heteroatoms. The van der Waals surface area contributed by atoms with E-state index >= 15 is 0 Å². The fourth-order valence-corrected chi connectivity index (χ4v) is 2.90. The Morgan fingerprint density at radius 3 is 1.89 bits per heavy atom. The highest BCUT2D eigenvalue weighted by Gasteiger charge is 2.23. The molecule has 0 fully saturated rings. The van der Waals surface area contributed by atoms with Gasteiger partial charge in [-0.2, -0.15) is 4.98 Å². The predicted octanol–water partition coefficient (Wildman–Crippen LogP) is 3.02. The van der Waals surface area contributed by atoms with E-state index in [9.17, 15) is 0 Å². The summed E-state index contributed by atoms with van der Waals surface area (Å²) >= 11 is 1.48. The zero-order chi connectivity index (χ0) is 14.0. The van der Waals surface area contributed by atoms with Gasteiger partial charge in [-0.05, 0) is 45.5 Å². The highest BCUT2D eigenvalue weighted by Crippen LogP contribution is 2.26. The molecular weight excluding hydrogens is 282 g/mol. The predicted molar refractivity (Wildman–Crippen MR) is 79.6 cm³/mol. The van der Waals surface area contributed by atoms with Gasteiger partial charge in [0.2, 0.25) is 22.5 Å². The fraction of sp³-hybridized carbons (Fsp3) is 0.700. The molecule has 1 aromatic heterocycles. The van der Waals surface area contributed by atoms with Crippen molar-refractivity contribution in [3.8, 4) is 11.9 Å². The van der Waals surface area contributed by atoms with E-state index in [4.69, 9.17) is 8.85 Å². The van der Waals surface area contributed by atoms with Crippen molar-refractivity contribution in [2.75, 3.05) is 6.26 Å². The van der Waals surface area contributed by atoms with Crippen LogP contribution in [0.4, 0.5) is 0 Å². The summed E-state index contributed by atoms with van der Waals surface area (Å²) < 4.78 is 11.7. The minimum Gasteiger partial charge on any atom is -0.529 e. The molecule has 0 aromatic carbocycles. The van der Waals surface area contributed by atoms with Gasteiger partial charge in [-0.15, -0.1) is 16.9 Å². The fourth-order valence-electron chi connectivity index (χ4n) is 1.09. The van der Waals surface area contributed by atoms with Crippen LogP contribution in [0.2, 0.25) is 39.3 Å². The van der Waals surface area contributed by atoms with Crippen LogP contribution < -0.4 is 8.85 Å². The molecular formula is C10H21N3O2SSi2. The van der Waals surface area contributed by atoms with Crippen molar-refractivity contribution >= 4 is 28.4 Å². The monoisotopic (exact) mass is 303 g/mol. The maximum absolute atomic E-state index is 5.92. The lowest BCUT2D eigenvalue weighted by Crippen LogP contribution is -2.32. The number of thioether (sulfide) groups is 1. The highest BCUT2D eigenvalue weighted by atomic mass is 32.2. The van der Waals surface area contributed by atoms with E-state index in [1.807, 2.05) is 6.26 Å². The van der Waals surface area contributed by atoms with Crippen LogP contribution in [-0.4, -0.2) is 38.1 Å². The molecule has 0 N–H and O–H groups in total. The summed E-state index contributed by atoms with van der Waals surface area (Å²) in [6.45, 7) is 12.6. The summed E-state index contributed by atoms with van der Waals surface area (Å²) in [5, 5.41) is 8.81. The molecule has 0 aliphatic rings. The van der Waals surface area contributed by atoms with Gasteiger partial charge in [0.1, 0.15) is 0 Å². The summed E-state index contributed by atoms with van der Waals surface area (Å²) in [7, 11) is -3.44. The average Bonchev–Trinajstić information content (AvgIpc) is 2.12. The zero-order valence-corrected chi connectivity index (χ0v) is 14.9. The van der Waals surface area contributed by atoms with E-state index in [-0.39, 0.29) is 0 Å². The second-order valence-electron chi connectivity index (χ2n) is 5.84. The summed E-state index contributed by atoms with van der Waals surface area (Å²) in [6.07, 6.45) is 1.93. The molecule has 0 atom stereocenters. The van der Waals surface area contributed by atoms with E-state index < -0.39 is 16.6 Å². The second-order valence-corrected chi connectivity index (χ2v) is 15.5.